The molecule has 0 unspecified atom stereocenters. The van der Waals surface area contributed by atoms with Gasteiger partial charge >= 0.3 is 0 Å². The van der Waals surface area contributed by atoms with Gasteiger partial charge in [-0.05, 0) is 36.8 Å². The summed E-state index contributed by atoms with van der Waals surface area (Å²) in [7, 11) is 1.65. The number of anilines is 1. The highest BCUT2D eigenvalue weighted by Crippen LogP contribution is 2.21. The van der Waals surface area contributed by atoms with Crippen LogP contribution >= 0.6 is 0 Å². The van der Waals surface area contributed by atoms with Gasteiger partial charge in [-0.25, -0.2) is 0 Å². The van der Waals surface area contributed by atoms with E-state index in [4.69, 9.17) is 4.74 Å². The molecule has 2 aromatic rings. The van der Waals surface area contributed by atoms with Gasteiger partial charge in [-0.2, -0.15) is 0 Å². The van der Waals surface area contributed by atoms with Crippen LogP contribution in [0.15, 0.2) is 42.7 Å². The van der Waals surface area contributed by atoms with Gasteiger partial charge in [0.25, 0.3) is 11.8 Å². The first-order valence-electron chi connectivity index (χ1n) is 9.54. The van der Waals surface area contributed by atoms with Crippen LogP contribution < -0.4 is 15.0 Å². The normalized spacial score (nSPS) is 13.9. The summed E-state index contributed by atoms with van der Waals surface area (Å²) in [6, 6.07) is 9.55. The Labute approximate surface area is 165 Å². The van der Waals surface area contributed by atoms with Gasteiger partial charge in [0.1, 0.15) is 5.75 Å². The SMILES string of the molecule is CCCNC(=O)c1cncc(C(=O)N2CCN(c3ccc(OC)cc3)CC2)c1. The highest BCUT2D eigenvalue weighted by atomic mass is 16.5. The zero-order chi connectivity index (χ0) is 19.9. The van der Waals surface area contributed by atoms with Gasteiger partial charge < -0.3 is 19.9 Å². The summed E-state index contributed by atoms with van der Waals surface area (Å²) >= 11 is 0. The van der Waals surface area contributed by atoms with Crippen LogP contribution in [0.4, 0.5) is 5.69 Å². The lowest BCUT2D eigenvalue weighted by molar-refractivity contribution is 0.0746. The highest BCUT2D eigenvalue weighted by molar-refractivity contribution is 5.99. The Balaban J connectivity index is 1.61. The molecule has 7 heteroatoms. The van der Waals surface area contributed by atoms with Crippen molar-refractivity contribution in [2.24, 2.45) is 0 Å². The van der Waals surface area contributed by atoms with Crippen molar-refractivity contribution in [2.75, 3.05) is 44.7 Å². The monoisotopic (exact) mass is 382 g/mol. The standard InChI is InChI=1S/C21H26N4O3/c1-3-8-23-20(26)16-13-17(15-22-14-16)21(27)25-11-9-24(10-12-25)18-4-6-19(28-2)7-5-18/h4-7,13-15H,3,8-12H2,1-2H3,(H,23,26). The molecule has 1 aromatic carbocycles. The third kappa shape index (κ3) is 4.60. The maximum atomic E-state index is 12.8. The van der Waals surface area contributed by atoms with E-state index in [-0.39, 0.29) is 11.8 Å². The predicted octanol–water partition coefficient (Wildman–Crippen LogP) is 2.19. The van der Waals surface area contributed by atoms with Crippen molar-refractivity contribution < 1.29 is 14.3 Å². The predicted molar refractivity (Wildman–Crippen MR) is 108 cm³/mol. The van der Waals surface area contributed by atoms with E-state index in [1.807, 2.05) is 36.1 Å². The number of carbonyl (C=O) groups excluding carboxylic acids is 2. The van der Waals surface area contributed by atoms with Gasteiger partial charge in [0.15, 0.2) is 0 Å². The number of methoxy groups -OCH3 is 1. The number of carbonyl (C=O) groups is 2. The first-order valence-corrected chi connectivity index (χ1v) is 9.54. The van der Waals surface area contributed by atoms with Gasteiger partial charge in [-0.15, -0.1) is 0 Å². The fourth-order valence-corrected chi connectivity index (χ4v) is 3.17. The van der Waals surface area contributed by atoms with Crippen LogP contribution in [0.3, 0.4) is 0 Å². The number of amides is 2. The van der Waals surface area contributed by atoms with Gasteiger partial charge in [0, 0.05) is 50.8 Å². The number of piperazine rings is 1. The molecule has 7 nitrogen and oxygen atoms in total. The van der Waals surface area contributed by atoms with Crippen LogP contribution in [0.2, 0.25) is 0 Å². The quantitative estimate of drug-likeness (QED) is 0.829. The van der Waals surface area contributed by atoms with Gasteiger partial charge in [0.2, 0.25) is 0 Å². The van der Waals surface area contributed by atoms with Crippen LogP contribution in [-0.2, 0) is 0 Å². The summed E-state index contributed by atoms with van der Waals surface area (Å²) < 4.78 is 5.20. The molecule has 1 fully saturated rings. The van der Waals surface area contributed by atoms with Crippen molar-refractivity contribution in [1.29, 1.82) is 0 Å². The molecule has 148 valence electrons. The first kappa shape index (κ1) is 19.7. The molecule has 1 aliphatic rings. The van der Waals surface area contributed by atoms with Gasteiger partial charge in [0.05, 0.1) is 18.2 Å². The summed E-state index contributed by atoms with van der Waals surface area (Å²) in [6.45, 7) is 5.34. The number of rotatable bonds is 6. The molecular formula is C21H26N4O3. The van der Waals surface area contributed by atoms with E-state index in [1.165, 1.54) is 12.4 Å². The average Bonchev–Trinajstić information content (AvgIpc) is 2.77. The van der Waals surface area contributed by atoms with Crippen molar-refractivity contribution >= 4 is 17.5 Å². The fraction of sp³-hybridized carbons (Fsp3) is 0.381. The number of benzene rings is 1. The Hall–Kier alpha value is -3.09. The second-order valence-electron chi connectivity index (χ2n) is 6.70. The Morgan fingerprint density at radius 2 is 1.75 bits per heavy atom. The molecule has 3 rings (SSSR count). The van der Waals surface area contributed by atoms with Crippen LogP contribution in [-0.4, -0.2) is 61.5 Å². The lowest BCUT2D eigenvalue weighted by Crippen LogP contribution is -2.48. The molecule has 1 N–H and O–H groups in total. The molecule has 0 saturated carbocycles. The van der Waals surface area contributed by atoms with Crippen LogP contribution in [0.25, 0.3) is 0 Å². The van der Waals surface area contributed by atoms with Crippen molar-refractivity contribution in [2.45, 2.75) is 13.3 Å². The molecule has 28 heavy (non-hydrogen) atoms. The van der Waals surface area contributed by atoms with Crippen molar-refractivity contribution in [1.82, 2.24) is 15.2 Å². The molecule has 1 saturated heterocycles. The largest absolute Gasteiger partial charge is 0.497 e. The molecule has 2 amide bonds. The third-order valence-corrected chi connectivity index (χ3v) is 4.79. The molecule has 0 bridgehead atoms. The first-order chi connectivity index (χ1) is 13.6. The summed E-state index contributed by atoms with van der Waals surface area (Å²) in [6.07, 6.45) is 3.87. The molecule has 0 aliphatic carbocycles. The van der Waals surface area contributed by atoms with E-state index in [1.54, 1.807) is 13.2 Å². The van der Waals surface area contributed by atoms with Crippen LogP contribution in [0.1, 0.15) is 34.1 Å². The molecule has 0 atom stereocenters. The molecule has 1 aliphatic heterocycles. The van der Waals surface area contributed by atoms with E-state index in [9.17, 15) is 9.59 Å². The fourth-order valence-electron chi connectivity index (χ4n) is 3.17. The Morgan fingerprint density at radius 1 is 1.07 bits per heavy atom. The van der Waals surface area contributed by atoms with Crippen LogP contribution in [0, 0.1) is 0 Å². The number of nitrogens with zero attached hydrogens (tertiary/aromatic N) is 3. The summed E-state index contributed by atoms with van der Waals surface area (Å²) in [5, 5.41) is 2.81. The van der Waals surface area contributed by atoms with Crippen molar-refractivity contribution in [3.05, 3.63) is 53.9 Å². The van der Waals surface area contributed by atoms with Gasteiger partial charge in [-0.3, -0.25) is 14.6 Å². The molecule has 1 aromatic heterocycles. The van der Waals surface area contributed by atoms with E-state index in [2.05, 4.69) is 15.2 Å². The number of ether oxygens (including phenoxy) is 1. The van der Waals surface area contributed by atoms with Crippen LogP contribution in [0.5, 0.6) is 5.75 Å². The lowest BCUT2D eigenvalue weighted by Gasteiger charge is -2.36. The Morgan fingerprint density at radius 3 is 2.39 bits per heavy atom. The molecular weight excluding hydrogens is 356 g/mol. The number of pyridine rings is 1. The zero-order valence-electron chi connectivity index (χ0n) is 16.4. The van der Waals surface area contributed by atoms with E-state index < -0.39 is 0 Å². The zero-order valence-corrected chi connectivity index (χ0v) is 16.4. The number of aromatic nitrogens is 1. The van der Waals surface area contributed by atoms with Crippen molar-refractivity contribution in [3.63, 3.8) is 0 Å². The van der Waals surface area contributed by atoms with Gasteiger partial charge in [-0.1, -0.05) is 6.92 Å². The second kappa shape index (κ2) is 9.21. The maximum Gasteiger partial charge on any atom is 0.255 e. The minimum Gasteiger partial charge on any atom is -0.497 e. The van der Waals surface area contributed by atoms with E-state index >= 15 is 0 Å². The minimum atomic E-state index is -0.201. The number of hydrogen-bond donors (Lipinski definition) is 1. The Bertz CT molecular complexity index is 815. The smallest absolute Gasteiger partial charge is 0.255 e. The topological polar surface area (TPSA) is 74.8 Å². The second-order valence-corrected chi connectivity index (χ2v) is 6.70. The summed E-state index contributed by atoms with van der Waals surface area (Å²) in [5.41, 5.74) is 1.97. The molecule has 0 radical (unpaired) electrons. The highest BCUT2D eigenvalue weighted by Gasteiger charge is 2.23. The molecule has 0 spiro atoms. The maximum absolute atomic E-state index is 12.8. The minimum absolute atomic E-state index is 0.0907. The third-order valence-electron chi connectivity index (χ3n) is 4.79. The summed E-state index contributed by atoms with van der Waals surface area (Å²) in [5.74, 6) is 0.535. The average molecular weight is 382 g/mol. The number of hydrogen-bond acceptors (Lipinski definition) is 5. The summed E-state index contributed by atoms with van der Waals surface area (Å²) in [4.78, 5) is 33.1. The van der Waals surface area contributed by atoms with Crippen molar-refractivity contribution in [3.8, 4) is 5.75 Å². The Kier molecular flexibility index (Phi) is 6.47. The van der Waals surface area contributed by atoms with E-state index in [0.29, 0.717) is 30.8 Å². The van der Waals surface area contributed by atoms with E-state index in [0.717, 1.165) is 30.9 Å². The lowest BCUT2D eigenvalue weighted by atomic mass is 10.1. The number of nitrogens with one attached hydrogen (secondary N) is 1. The molecule has 2 heterocycles.